The first kappa shape index (κ1) is 14.8. The number of para-hydroxylation sites is 2. The van der Waals surface area contributed by atoms with Gasteiger partial charge in [0.05, 0.1) is 16.6 Å². The van der Waals surface area contributed by atoms with Crippen LogP contribution in [-0.2, 0) is 9.59 Å². The van der Waals surface area contributed by atoms with Gasteiger partial charge in [0.2, 0.25) is 5.91 Å². The minimum absolute atomic E-state index is 0.149. The van der Waals surface area contributed by atoms with Crippen LogP contribution in [0.5, 0.6) is 5.75 Å². The molecule has 0 unspecified atom stereocenters. The molecule has 1 amide bonds. The lowest BCUT2D eigenvalue weighted by Gasteiger charge is -2.23. The molecule has 24 heavy (non-hydrogen) atoms. The van der Waals surface area contributed by atoms with Crippen molar-refractivity contribution in [2.75, 3.05) is 5.32 Å². The second kappa shape index (κ2) is 6.05. The summed E-state index contributed by atoms with van der Waals surface area (Å²) in [5.41, 5.74) is 1.76. The average Bonchev–Trinajstić information content (AvgIpc) is 2.96. The summed E-state index contributed by atoms with van der Waals surface area (Å²) in [6.45, 7) is 0. The van der Waals surface area contributed by atoms with E-state index < -0.39 is 0 Å². The summed E-state index contributed by atoms with van der Waals surface area (Å²) in [7, 11) is 0. The van der Waals surface area contributed by atoms with Gasteiger partial charge in [0.1, 0.15) is 5.75 Å². The molecule has 0 bridgehead atoms. The van der Waals surface area contributed by atoms with Crippen molar-refractivity contribution < 1.29 is 14.3 Å². The lowest BCUT2D eigenvalue weighted by Crippen LogP contribution is -2.24. The maximum atomic E-state index is 12.4. The van der Waals surface area contributed by atoms with Gasteiger partial charge in [-0.3, -0.25) is 9.59 Å². The Hall–Kier alpha value is -2.73. The summed E-state index contributed by atoms with van der Waals surface area (Å²) in [5, 5.41) is 3.42. The highest BCUT2D eigenvalue weighted by atomic mass is 32.1. The summed E-state index contributed by atoms with van der Waals surface area (Å²) < 4.78 is 6.25. The molecule has 0 fully saturated rings. The topological polar surface area (TPSA) is 68.3 Å². The fraction of sp³-hybridized carbons (Fsp3) is 0.167. The number of hydrogen-bond donors (Lipinski definition) is 1. The second-order valence-corrected chi connectivity index (χ2v) is 6.68. The zero-order valence-electron chi connectivity index (χ0n) is 12.7. The normalized spacial score (nSPS) is 16.5. The number of ether oxygens (including phenoxy) is 1. The first-order valence-electron chi connectivity index (χ1n) is 7.64. The van der Waals surface area contributed by atoms with Crippen molar-refractivity contribution in [3.05, 3.63) is 54.1 Å². The Labute approximate surface area is 142 Å². The number of hydrogen-bond acceptors (Lipinski definition) is 5. The van der Waals surface area contributed by atoms with Gasteiger partial charge in [0.15, 0.2) is 5.13 Å². The first-order valence-corrected chi connectivity index (χ1v) is 8.46. The van der Waals surface area contributed by atoms with E-state index in [9.17, 15) is 9.59 Å². The van der Waals surface area contributed by atoms with Crippen LogP contribution in [0.25, 0.3) is 10.2 Å². The molecule has 1 aliphatic rings. The standard InChI is InChI=1S/C18H14N2O3S/c21-16(20-18-19-13-6-2-4-8-15(13)24-18)9-11-10-17(22)23-14-7-3-1-5-12(11)14/h1-8,11H,9-10H2,(H,19,20,21)/t11-/m0/s1. The monoisotopic (exact) mass is 338 g/mol. The Morgan fingerprint density at radius 1 is 1.21 bits per heavy atom. The quantitative estimate of drug-likeness (QED) is 0.584. The van der Waals surface area contributed by atoms with Crippen molar-refractivity contribution in [3.63, 3.8) is 0 Å². The number of nitrogens with one attached hydrogen (secondary N) is 1. The molecule has 0 radical (unpaired) electrons. The van der Waals surface area contributed by atoms with Gasteiger partial charge in [-0.05, 0) is 23.8 Å². The highest BCUT2D eigenvalue weighted by molar-refractivity contribution is 7.22. The van der Waals surface area contributed by atoms with Gasteiger partial charge in [-0.25, -0.2) is 4.98 Å². The summed E-state index contributed by atoms with van der Waals surface area (Å²) in [6.07, 6.45) is 0.437. The molecule has 1 N–H and O–H groups in total. The lowest BCUT2D eigenvalue weighted by molar-refractivity contribution is -0.136. The van der Waals surface area contributed by atoms with E-state index in [2.05, 4.69) is 10.3 Å². The van der Waals surface area contributed by atoms with Gasteiger partial charge in [-0.1, -0.05) is 41.7 Å². The molecule has 2 aromatic carbocycles. The Balaban J connectivity index is 1.51. The van der Waals surface area contributed by atoms with E-state index in [0.717, 1.165) is 15.8 Å². The number of carbonyl (C=O) groups excluding carboxylic acids is 2. The second-order valence-electron chi connectivity index (χ2n) is 5.65. The number of rotatable bonds is 3. The molecule has 5 nitrogen and oxygen atoms in total. The van der Waals surface area contributed by atoms with Crippen LogP contribution < -0.4 is 10.1 Å². The van der Waals surface area contributed by atoms with E-state index in [4.69, 9.17) is 4.74 Å². The third-order valence-electron chi connectivity index (χ3n) is 3.97. The fourth-order valence-corrected chi connectivity index (χ4v) is 3.77. The van der Waals surface area contributed by atoms with Gasteiger partial charge in [0.25, 0.3) is 0 Å². The van der Waals surface area contributed by atoms with Crippen molar-refractivity contribution in [3.8, 4) is 5.75 Å². The number of fused-ring (bicyclic) bond motifs is 2. The van der Waals surface area contributed by atoms with Crippen LogP contribution in [0.2, 0.25) is 0 Å². The predicted molar refractivity (Wildman–Crippen MR) is 92.3 cm³/mol. The highest BCUT2D eigenvalue weighted by Gasteiger charge is 2.28. The molecule has 3 aromatic rings. The van der Waals surface area contributed by atoms with Crippen LogP contribution >= 0.6 is 11.3 Å². The van der Waals surface area contributed by atoms with Crippen molar-refractivity contribution in [2.45, 2.75) is 18.8 Å². The number of anilines is 1. The van der Waals surface area contributed by atoms with Crippen LogP contribution in [0.15, 0.2) is 48.5 Å². The van der Waals surface area contributed by atoms with Crippen LogP contribution in [-0.4, -0.2) is 16.9 Å². The summed E-state index contributed by atoms with van der Waals surface area (Å²) in [5.74, 6) is -0.0709. The minimum atomic E-state index is -0.300. The van der Waals surface area contributed by atoms with Gasteiger partial charge < -0.3 is 10.1 Å². The largest absolute Gasteiger partial charge is 0.426 e. The molecule has 0 spiro atoms. The minimum Gasteiger partial charge on any atom is -0.426 e. The zero-order chi connectivity index (χ0) is 16.5. The van der Waals surface area contributed by atoms with E-state index in [0.29, 0.717) is 10.9 Å². The summed E-state index contributed by atoms with van der Waals surface area (Å²) in [4.78, 5) is 28.5. The molecular weight excluding hydrogens is 324 g/mol. The van der Waals surface area contributed by atoms with Gasteiger partial charge in [-0.2, -0.15) is 0 Å². The first-order chi connectivity index (χ1) is 11.7. The van der Waals surface area contributed by atoms with E-state index >= 15 is 0 Å². The molecule has 1 aliphatic heterocycles. The Morgan fingerprint density at radius 2 is 2.00 bits per heavy atom. The maximum absolute atomic E-state index is 12.4. The number of amides is 1. The van der Waals surface area contributed by atoms with Crippen LogP contribution in [0.4, 0.5) is 5.13 Å². The van der Waals surface area contributed by atoms with Crippen LogP contribution in [0.1, 0.15) is 24.3 Å². The number of benzene rings is 2. The third kappa shape index (κ3) is 2.88. The van der Waals surface area contributed by atoms with Gasteiger partial charge in [-0.15, -0.1) is 0 Å². The Kier molecular flexibility index (Phi) is 3.74. The SMILES string of the molecule is O=C(C[C@H]1CC(=O)Oc2ccccc21)Nc1nc2ccccc2s1. The molecule has 0 saturated heterocycles. The van der Waals surface area contributed by atoms with Crippen LogP contribution in [0.3, 0.4) is 0 Å². The fourth-order valence-electron chi connectivity index (χ4n) is 2.89. The Morgan fingerprint density at radius 3 is 2.88 bits per heavy atom. The van der Waals surface area contributed by atoms with Gasteiger partial charge >= 0.3 is 5.97 Å². The molecular formula is C18H14N2O3S. The van der Waals surface area contributed by atoms with Crippen molar-refractivity contribution in [1.82, 2.24) is 4.98 Å². The number of aromatic nitrogens is 1. The van der Waals surface area contributed by atoms with Gasteiger partial charge in [0, 0.05) is 12.3 Å². The smallest absolute Gasteiger partial charge is 0.311 e. The number of esters is 1. The van der Waals surface area contributed by atoms with Crippen molar-refractivity contribution >= 4 is 38.6 Å². The van der Waals surface area contributed by atoms with Crippen LogP contribution in [0, 0.1) is 0 Å². The highest BCUT2D eigenvalue weighted by Crippen LogP contribution is 2.36. The summed E-state index contributed by atoms with van der Waals surface area (Å²) in [6, 6.07) is 15.1. The molecule has 120 valence electrons. The van der Waals surface area contributed by atoms with E-state index in [1.165, 1.54) is 11.3 Å². The molecule has 2 heterocycles. The molecule has 1 aromatic heterocycles. The van der Waals surface area contributed by atoms with E-state index in [1.54, 1.807) is 6.07 Å². The van der Waals surface area contributed by atoms with E-state index in [1.807, 2.05) is 42.5 Å². The molecule has 6 heteroatoms. The predicted octanol–water partition coefficient (Wildman–Crippen LogP) is 3.72. The number of thiazole rings is 1. The lowest BCUT2D eigenvalue weighted by atomic mass is 9.90. The molecule has 4 rings (SSSR count). The zero-order valence-corrected chi connectivity index (χ0v) is 13.5. The molecule has 0 aliphatic carbocycles. The van der Waals surface area contributed by atoms with Crippen molar-refractivity contribution in [1.29, 1.82) is 0 Å². The Bertz CT molecular complexity index is 902. The summed E-state index contributed by atoms with van der Waals surface area (Å²) >= 11 is 1.44. The average molecular weight is 338 g/mol. The van der Waals surface area contributed by atoms with E-state index in [-0.39, 0.29) is 30.6 Å². The molecule has 1 atom stereocenters. The van der Waals surface area contributed by atoms with Crippen molar-refractivity contribution in [2.24, 2.45) is 0 Å². The third-order valence-corrected chi connectivity index (χ3v) is 4.92. The maximum Gasteiger partial charge on any atom is 0.311 e. The number of carbonyl (C=O) groups is 2. The molecule has 0 saturated carbocycles. The number of nitrogens with zero attached hydrogens (tertiary/aromatic N) is 1.